The fourth-order valence-corrected chi connectivity index (χ4v) is 2.17. The van der Waals surface area contributed by atoms with E-state index in [-0.39, 0.29) is 11.9 Å². The van der Waals surface area contributed by atoms with Crippen molar-refractivity contribution in [1.29, 1.82) is 0 Å². The van der Waals surface area contributed by atoms with E-state index in [1.807, 2.05) is 44.2 Å². The second kappa shape index (κ2) is 6.97. The van der Waals surface area contributed by atoms with Gasteiger partial charge in [0.05, 0.1) is 25.9 Å². The van der Waals surface area contributed by atoms with Crippen molar-refractivity contribution in [3.8, 4) is 0 Å². The van der Waals surface area contributed by atoms with Crippen molar-refractivity contribution in [2.75, 3.05) is 13.2 Å². The lowest BCUT2D eigenvalue weighted by molar-refractivity contribution is -0.142. The van der Waals surface area contributed by atoms with E-state index >= 15 is 0 Å². The molecule has 1 saturated heterocycles. The molecule has 1 fully saturated rings. The largest absolute Gasteiger partial charge is 0.376 e. The normalized spacial score (nSPS) is 21.0. The molecule has 20 heavy (non-hydrogen) atoms. The van der Waals surface area contributed by atoms with E-state index in [4.69, 9.17) is 14.2 Å². The van der Waals surface area contributed by atoms with Crippen LogP contribution in [0.1, 0.15) is 32.3 Å². The lowest BCUT2D eigenvalue weighted by Gasteiger charge is -2.16. The van der Waals surface area contributed by atoms with Crippen molar-refractivity contribution in [2.24, 2.45) is 0 Å². The number of hydrogen-bond acceptors (Lipinski definition) is 4. The van der Waals surface area contributed by atoms with Gasteiger partial charge < -0.3 is 14.2 Å². The molecule has 0 spiro atoms. The van der Waals surface area contributed by atoms with Gasteiger partial charge in [0.25, 0.3) is 0 Å². The molecular formula is C16H22O4. The summed E-state index contributed by atoms with van der Waals surface area (Å²) in [7, 11) is 0. The molecule has 0 N–H and O–H groups in total. The summed E-state index contributed by atoms with van der Waals surface area (Å²) in [4.78, 5) is 11.8. The topological polar surface area (TPSA) is 44.8 Å². The van der Waals surface area contributed by atoms with Gasteiger partial charge in [-0.25, -0.2) is 0 Å². The van der Waals surface area contributed by atoms with Crippen LogP contribution < -0.4 is 0 Å². The van der Waals surface area contributed by atoms with Gasteiger partial charge in [0.2, 0.25) is 0 Å². The average Bonchev–Trinajstić information content (AvgIpc) is 2.75. The van der Waals surface area contributed by atoms with Crippen LogP contribution in [0, 0.1) is 0 Å². The summed E-state index contributed by atoms with van der Waals surface area (Å²) in [6.45, 7) is 5.21. The van der Waals surface area contributed by atoms with Crippen molar-refractivity contribution in [3.63, 3.8) is 0 Å². The molecule has 0 saturated carbocycles. The Labute approximate surface area is 120 Å². The molecular weight excluding hydrogens is 256 g/mol. The van der Waals surface area contributed by atoms with E-state index < -0.39 is 5.79 Å². The van der Waals surface area contributed by atoms with Crippen LogP contribution in [0.4, 0.5) is 0 Å². The van der Waals surface area contributed by atoms with Crippen LogP contribution >= 0.6 is 0 Å². The maximum Gasteiger partial charge on any atom is 0.163 e. The summed E-state index contributed by atoms with van der Waals surface area (Å²) >= 11 is 0. The van der Waals surface area contributed by atoms with Crippen LogP contribution in [-0.2, 0) is 25.6 Å². The Balaban J connectivity index is 1.59. The third-order valence-corrected chi connectivity index (χ3v) is 3.16. The van der Waals surface area contributed by atoms with Gasteiger partial charge in [-0.05, 0) is 19.4 Å². The first kappa shape index (κ1) is 15.2. The molecule has 1 aliphatic heterocycles. The van der Waals surface area contributed by atoms with E-state index in [1.54, 1.807) is 0 Å². The summed E-state index contributed by atoms with van der Waals surface area (Å²) in [5, 5.41) is 0. The van der Waals surface area contributed by atoms with Gasteiger partial charge in [0, 0.05) is 12.8 Å². The van der Waals surface area contributed by atoms with Crippen molar-refractivity contribution in [1.82, 2.24) is 0 Å². The van der Waals surface area contributed by atoms with Crippen LogP contribution in [0.5, 0.6) is 0 Å². The third kappa shape index (κ3) is 5.04. The van der Waals surface area contributed by atoms with E-state index in [2.05, 4.69) is 0 Å². The van der Waals surface area contributed by atoms with Gasteiger partial charge in [0.1, 0.15) is 5.78 Å². The highest BCUT2D eigenvalue weighted by molar-refractivity contribution is 5.79. The third-order valence-electron chi connectivity index (χ3n) is 3.16. The standard InChI is InChI=1S/C16H22O4/c1-16(2)19-12-15(20-16)10-14(17)8-9-18-11-13-6-4-3-5-7-13/h3-7,15H,8-12H2,1-2H3/t15-/m0/s1. The summed E-state index contributed by atoms with van der Waals surface area (Å²) in [6.07, 6.45) is 0.706. The molecule has 110 valence electrons. The first-order valence-electron chi connectivity index (χ1n) is 7.00. The van der Waals surface area contributed by atoms with Gasteiger partial charge in [-0.3, -0.25) is 4.79 Å². The number of hydrogen-bond donors (Lipinski definition) is 0. The zero-order valence-electron chi connectivity index (χ0n) is 12.1. The zero-order chi connectivity index (χ0) is 14.4. The van der Waals surface area contributed by atoms with Crippen molar-refractivity contribution in [3.05, 3.63) is 35.9 Å². The van der Waals surface area contributed by atoms with E-state index in [0.29, 0.717) is 32.7 Å². The molecule has 1 aromatic rings. The molecule has 0 unspecified atom stereocenters. The molecule has 2 rings (SSSR count). The maximum absolute atomic E-state index is 11.8. The molecule has 1 aliphatic rings. The number of carbonyl (C=O) groups excluding carboxylic acids is 1. The summed E-state index contributed by atoms with van der Waals surface area (Å²) in [5.41, 5.74) is 1.12. The summed E-state index contributed by atoms with van der Waals surface area (Å²) < 4.78 is 16.5. The minimum Gasteiger partial charge on any atom is -0.376 e. The van der Waals surface area contributed by atoms with Crippen molar-refractivity contribution < 1.29 is 19.0 Å². The molecule has 0 bridgehead atoms. The van der Waals surface area contributed by atoms with Crippen molar-refractivity contribution >= 4 is 5.78 Å². The average molecular weight is 278 g/mol. The first-order valence-corrected chi connectivity index (χ1v) is 7.00. The molecule has 4 nitrogen and oxygen atoms in total. The van der Waals surface area contributed by atoms with E-state index in [1.165, 1.54) is 0 Å². The van der Waals surface area contributed by atoms with Crippen LogP contribution in [0.2, 0.25) is 0 Å². The van der Waals surface area contributed by atoms with Gasteiger partial charge in [0.15, 0.2) is 5.79 Å². The fourth-order valence-electron chi connectivity index (χ4n) is 2.17. The van der Waals surface area contributed by atoms with Gasteiger partial charge in [-0.1, -0.05) is 30.3 Å². The highest BCUT2D eigenvalue weighted by atomic mass is 16.7. The van der Waals surface area contributed by atoms with Gasteiger partial charge >= 0.3 is 0 Å². The molecule has 1 atom stereocenters. The number of ether oxygens (including phenoxy) is 3. The minimum absolute atomic E-state index is 0.119. The lowest BCUT2D eigenvalue weighted by atomic mass is 10.1. The maximum atomic E-state index is 11.8. The fraction of sp³-hybridized carbons (Fsp3) is 0.562. The van der Waals surface area contributed by atoms with Crippen LogP contribution in [0.3, 0.4) is 0 Å². The Morgan fingerprint density at radius 1 is 1.35 bits per heavy atom. The predicted molar refractivity (Wildman–Crippen MR) is 75.2 cm³/mol. The number of benzene rings is 1. The Hall–Kier alpha value is -1.23. The van der Waals surface area contributed by atoms with Gasteiger partial charge in [-0.15, -0.1) is 0 Å². The smallest absolute Gasteiger partial charge is 0.163 e. The molecule has 0 amide bonds. The second-order valence-electron chi connectivity index (χ2n) is 5.48. The number of ketones is 1. The van der Waals surface area contributed by atoms with E-state index in [9.17, 15) is 4.79 Å². The molecule has 4 heteroatoms. The summed E-state index contributed by atoms with van der Waals surface area (Å²) in [6, 6.07) is 9.94. The molecule has 0 aliphatic carbocycles. The minimum atomic E-state index is -0.561. The predicted octanol–water partition coefficient (Wildman–Crippen LogP) is 2.70. The van der Waals surface area contributed by atoms with Gasteiger partial charge in [-0.2, -0.15) is 0 Å². The highest BCUT2D eigenvalue weighted by Gasteiger charge is 2.33. The van der Waals surface area contributed by atoms with Crippen LogP contribution in [-0.4, -0.2) is 30.9 Å². The number of rotatable bonds is 7. The highest BCUT2D eigenvalue weighted by Crippen LogP contribution is 2.24. The zero-order valence-corrected chi connectivity index (χ0v) is 12.1. The van der Waals surface area contributed by atoms with Crippen LogP contribution in [0.25, 0.3) is 0 Å². The monoisotopic (exact) mass is 278 g/mol. The molecule has 0 radical (unpaired) electrons. The molecule has 1 heterocycles. The quantitative estimate of drug-likeness (QED) is 0.719. The molecule has 0 aromatic heterocycles. The molecule has 1 aromatic carbocycles. The van der Waals surface area contributed by atoms with E-state index in [0.717, 1.165) is 5.56 Å². The number of carbonyl (C=O) groups is 1. The first-order chi connectivity index (χ1) is 9.55. The Morgan fingerprint density at radius 2 is 2.10 bits per heavy atom. The lowest BCUT2D eigenvalue weighted by Crippen LogP contribution is -2.23. The Kier molecular flexibility index (Phi) is 5.29. The Morgan fingerprint density at radius 3 is 2.75 bits per heavy atom. The van der Waals surface area contributed by atoms with Crippen molar-refractivity contribution in [2.45, 2.75) is 45.2 Å². The Bertz CT molecular complexity index is 427. The SMILES string of the molecule is CC1(C)OC[C@H](CC(=O)CCOCc2ccccc2)O1. The summed E-state index contributed by atoms with van der Waals surface area (Å²) in [5.74, 6) is -0.404. The van der Waals surface area contributed by atoms with Crippen LogP contribution in [0.15, 0.2) is 30.3 Å². The second-order valence-corrected chi connectivity index (χ2v) is 5.48. The number of Topliss-reactive ketones (excluding diaryl/α,β-unsaturated/α-hetero) is 1.